The van der Waals surface area contributed by atoms with E-state index in [2.05, 4.69) is 30.8 Å². The summed E-state index contributed by atoms with van der Waals surface area (Å²) < 4.78 is 37.9. The van der Waals surface area contributed by atoms with Crippen molar-refractivity contribution in [1.29, 1.82) is 0 Å². The summed E-state index contributed by atoms with van der Waals surface area (Å²) in [5, 5.41) is 0. The number of carbonyl (C=O) groups excluding carboxylic acids is 1. The minimum Gasteiger partial charge on any atom is -0.499 e. The fraction of sp³-hybridized carbons (Fsp3) is 0.500. The van der Waals surface area contributed by atoms with Crippen molar-refractivity contribution in [3.8, 4) is 11.1 Å². The molecule has 0 bridgehead atoms. The fourth-order valence-corrected chi connectivity index (χ4v) is 4.17. The van der Waals surface area contributed by atoms with Gasteiger partial charge in [0.2, 0.25) is 0 Å². The summed E-state index contributed by atoms with van der Waals surface area (Å²) in [5.74, 6) is 0.0487. The Morgan fingerprint density at radius 2 is 1.15 bits per heavy atom. The molecule has 3 rings (SSSR count). The number of benzene rings is 2. The van der Waals surface area contributed by atoms with Crippen LogP contribution in [0.3, 0.4) is 0 Å². The van der Waals surface area contributed by atoms with Gasteiger partial charge in [-0.3, -0.25) is 0 Å². The maximum absolute atomic E-state index is 12.5. The lowest BCUT2D eigenvalue weighted by Gasteiger charge is -2.19. The molecule has 39 heavy (non-hydrogen) atoms. The average Bonchev–Trinajstić information content (AvgIpc) is 3.28. The lowest BCUT2D eigenvalue weighted by Crippen LogP contribution is -2.32. The van der Waals surface area contributed by atoms with Crippen LogP contribution < -0.4 is 0 Å². The first kappa shape index (κ1) is 30.6. The molecule has 1 aliphatic rings. The van der Waals surface area contributed by atoms with E-state index >= 15 is 0 Å². The normalized spacial score (nSPS) is 12.1. The van der Waals surface area contributed by atoms with Gasteiger partial charge in [0, 0.05) is 19.5 Å². The SMILES string of the molecule is C=COCCOCCOCCOCCOCCOCCN(C)C(=O)OCC1c2ccccc2-c2ccccc21. The molecule has 214 valence electrons. The Balaban J connectivity index is 1.14. The van der Waals surface area contributed by atoms with Gasteiger partial charge in [0.15, 0.2) is 0 Å². The summed E-state index contributed by atoms with van der Waals surface area (Å²) >= 11 is 0. The summed E-state index contributed by atoms with van der Waals surface area (Å²) in [4.78, 5) is 14.1. The van der Waals surface area contributed by atoms with Crippen molar-refractivity contribution in [2.24, 2.45) is 0 Å². The monoisotopic (exact) mass is 543 g/mol. The molecule has 1 aliphatic carbocycles. The largest absolute Gasteiger partial charge is 0.499 e. The zero-order chi connectivity index (χ0) is 27.5. The third-order valence-corrected chi connectivity index (χ3v) is 6.17. The van der Waals surface area contributed by atoms with Gasteiger partial charge in [-0.1, -0.05) is 55.1 Å². The number of amides is 1. The van der Waals surface area contributed by atoms with E-state index < -0.39 is 0 Å². The number of ether oxygens (including phenoxy) is 7. The molecule has 0 radical (unpaired) electrons. The van der Waals surface area contributed by atoms with Gasteiger partial charge in [-0.25, -0.2) is 4.79 Å². The Labute approximate surface area is 231 Å². The second-order valence-electron chi connectivity index (χ2n) is 8.82. The zero-order valence-corrected chi connectivity index (χ0v) is 22.9. The zero-order valence-electron chi connectivity index (χ0n) is 22.9. The first-order valence-corrected chi connectivity index (χ1v) is 13.4. The van der Waals surface area contributed by atoms with E-state index in [-0.39, 0.29) is 12.0 Å². The molecule has 0 aliphatic heterocycles. The van der Waals surface area contributed by atoms with Crippen LogP contribution in [0, 0.1) is 0 Å². The molecular weight excluding hydrogens is 502 g/mol. The minimum atomic E-state index is -0.358. The van der Waals surface area contributed by atoms with Gasteiger partial charge in [-0.15, -0.1) is 0 Å². The Morgan fingerprint density at radius 1 is 0.718 bits per heavy atom. The van der Waals surface area contributed by atoms with Gasteiger partial charge in [-0.2, -0.15) is 0 Å². The highest BCUT2D eigenvalue weighted by atomic mass is 16.6. The number of hydrogen-bond acceptors (Lipinski definition) is 8. The highest BCUT2D eigenvalue weighted by Gasteiger charge is 2.29. The quantitative estimate of drug-likeness (QED) is 0.172. The molecule has 2 aromatic carbocycles. The summed E-state index contributed by atoms with van der Waals surface area (Å²) in [6.07, 6.45) is 1.04. The van der Waals surface area contributed by atoms with Crippen LogP contribution in [0.5, 0.6) is 0 Å². The maximum Gasteiger partial charge on any atom is 0.409 e. The molecule has 0 fully saturated rings. The minimum absolute atomic E-state index is 0.0487. The lowest BCUT2D eigenvalue weighted by atomic mass is 9.98. The van der Waals surface area contributed by atoms with Crippen LogP contribution in [0.2, 0.25) is 0 Å². The highest BCUT2D eigenvalue weighted by molar-refractivity contribution is 5.79. The second kappa shape index (κ2) is 18.4. The van der Waals surface area contributed by atoms with Crippen LogP contribution in [-0.2, 0) is 33.2 Å². The predicted molar refractivity (Wildman–Crippen MR) is 148 cm³/mol. The molecule has 0 aromatic heterocycles. The van der Waals surface area contributed by atoms with Crippen LogP contribution in [0.1, 0.15) is 17.0 Å². The van der Waals surface area contributed by atoms with Crippen LogP contribution in [0.15, 0.2) is 61.4 Å². The van der Waals surface area contributed by atoms with Crippen molar-refractivity contribution < 1.29 is 38.0 Å². The number of fused-ring (bicyclic) bond motifs is 3. The Bertz CT molecular complexity index is 939. The molecule has 0 saturated carbocycles. The maximum atomic E-state index is 12.5. The molecule has 9 nitrogen and oxygen atoms in total. The second-order valence-corrected chi connectivity index (χ2v) is 8.82. The van der Waals surface area contributed by atoms with Crippen molar-refractivity contribution in [2.75, 3.05) is 92.9 Å². The molecule has 0 spiro atoms. The van der Waals surface area contributed by atoms with Crippen molar-refractivity contribution in [3.63, 3.8) is 0 Å². The van der Waals surface area contributed by atoms with E-state index in [4.69, 9.17) is 33.2 Å². The Kier molecular flexibility index (Phi) is 14.4. The van der Waals surface area contributed by atoms with E-state index in [1.54, 1.807) is 7.05 Å². The van der Waals surface area contributed by atoms with E-state index in [0.717, 1.165) is 0 Å². The third kappa shape index (κ3) is 10.6. The molecule has 0 N–H and O–H groups in total. The number of nitrogens with zero attached hydrogens (tertiary/aromatic N) is 1. The molecule has 1 amide bonds. The molecule has 0 saturated heterocycles. The summed E-state index contributed by atoms with van der Waals surface area (Å²) in [6, 6.07) is 16.6. The molecular formula is C30H41NO8. The summed E-state index contributed by atoms with van der Waals surface area (Å²) in [5.41, 5.74) is 4.82. The highest BCUT2D eigenvalue weighted by Crippen LogP contribution is 2.44. The van der Waals surface area contributed by atoms with Gasteiger partial charge < -0.3 is 38.1 Å². The molecule has 0 atom stereocenters. The van der Waals surface area contributed by atoms with Gasteiger partial charge in [0.05, 0.1) is 72.3 Å². The van der Waals surface area contributed by atoms with Crippen molar-refractivity contribution in [2.45, 2.75) is 5.92 Å². The third-order valence-electron chi connectivity index (χ3n) is 6.17. The molecule has 2 aromatic rings. The van der Waals surface area contributed by atoms with Crippen LogP contribution in [0.25, 0.3) is 11.1 Å². The number of hydrogen-bond donors (Lipinski definition) is 0. The summed E-state index contributed by atoms with van der Waals surface area (Å²) in [7, 11) is 1.71. The van der Waals surface area contributed by atoms with Crippen LogP contribution in [0.4, 0.5) is 4.79 Å². The number of rotatable bonds is 21. The van der Waals surface area contributed by atoms with E-state index in [0.29, 0.717) is 85.8 Å². The van der Waals surface area contributed by atoms with Crippen LogP contribution in [-0.4, -0.2) is 104 Å². The number of likely N-dealkylation sites (N-methyl/N-ethyl adjacent to an activating group) is 1. The predicted octanol–water partition coefficient (Wildman–Crippen LogP) is 4.11. The molecule has 0 unspecified atom stereocenters. The fourth-order valence-electron chi connectivity index (χ4n) is 4.17. The average molecular weight is 544 g/mol. The Morgan fingerprint density at radius 3 is 1.64 bits per heavy atom. The van der Waals surface area contributed by atoms with Gasteiger partial charge in [0.25, 0.3) is 0 Å². The van der Waals surface area contributed by atoms with Gasteiger partial charge in [-0.05, 0) is 22.3 Å². The standard InChI is InChI=1S/C30H41NO8/c1-3-33-14-15-35-18-19-37-22-23-38-21-20-36-17-16-34-13-12-31(2)30(32)39-24-29-27-10-6-4-8-25(27)26-9-5-7-11-28(26)29/h3-11,29H,1,12-24H2,2H3. The smallest absolute Gasteiger partial charge is 0.409 e. The Hall–Kier alpha value is -2.95. The van der Waals surface area contributed by atoms with Gasteiger partial charge >= 0.3 is 6.09 Å². The van der Waals surface area contributed by atoms with Crippen LogP contribution >= 0.6 is 0 Å². The topological polar surface area (TPSA) is 84.9 Å². The first-order chi connectivity index (χ1) is 19.2. The van der Waals surface area contributed by atoms with E-state index in [9.17, 15) is 4.79 Å². The van der Waals surface area contributed by atoms with Crippen molar-refractivity contribution in [1.82, 2.24) is 4.90 Å². The van der Waals surface area contributed by atoms with E-state index in [1.807, 2.05) is 24.3 Å². The molecule has 9 heteroatoms. The van der Waals surface area contributed by atoms with Crippen molar-refractivity contribution >= 4 is 6.09 Å². The van der Waals surface area contributed by atoms with Gasteiger partial charge in [0.1, 0.15) is 13.2 Å². The van der Waals surface area contributed by atoms with Crippen molar-refractivity contribution in [3.05, 3.63) is 72.5 Å². The lowest BCUT2D eigenvalue weighted by molar-refractivity contribution is -0.0143. The number of carbonyl (C=O) groups is 1. The van der Waals surface area contributed by atoms with E-state index in [1.165, 1.54) is 33.4 Å². The molecule has 0 heterocycles. The first-order valence-electron chi connectivity index (χ1n) is 13.4. The summed E-state index contributed by atoms with van der Waals surface area (Å²) in [6.45, 7) is 9.54.